The van der Waals surface area contributed by atoms with Crippen molar-refractivity contribution in [1.82, 2.24) is 0 Å². The molecule has 2 rings (SSSR count). The molecule has 0 amide bonds. The lowest BCUT2D eigenvalue weighted by atomic mass is 9.98. The number of carbonyl (C=O) groups is 1. The van der Waals surface area contributed by atoms with Crippen molar-refractivity contribution in [2.24, 2.45) is 0 Å². The van der Waals surface area contributed by atoms with E-state index in [0.29, 0.717) is 24.2 Å². The van der Waals surface area contributed by atoms with Crippen molar-refractivity contribution < 1.29 is 13.6 Å². The third-order valence-electron chi connectivity index (χ3n) is 5.53. The Morgan fingerprint density at radius 1 is 0.964 bits per heavy atom. The first-order valence-electron chi connectivity index (χ1n) is 10.1. The van der Waals surface area contributed by atoms with Crippen molar-refractivity contribution >= 4 is 20.2 Å². The maximum atomic E-state index is 13.2. The number of halogens is 1. The van der Waals surface area contributed by atoms with Gasteiger partial charge in [-0.3, -0.25) is 4.79 Å². The van der Waals surface area contributed by atoms with Crippen LogP contribution in [-0.4, -0.2) is 20.7 Å². The predicted octanol–water partition coefficient (Wildman–Crippen LogP) is 6.81. The third kappa shape index (κ3) is 5.98. The number of ketones is 1. The summed E-state index contributed by atoms with van der Waals surface area (Å²) in [7, 11) is -1.69. The molecule has 28 heavy (non-hydrogen) atoms. The average molecular weight is 399 g/mol. The number of aryl methyl sites for hydroxylation is 1. The quantitative estimate of drug-likeness (QED) is 0.249. The molecular weight excluding hydrogens is 367 g/mol. The fourth-order valence-corrected chi connectivity index (χ4v) is 5.98. The van der Waals surface area contributed by atoms with Gasteiger partial charge in [0.05, 0.1) is 0 Å². The highest BCUT2D eigenvalue weighted by Crippen LogP contribution is 2.23. The van der Waals surface area contributed by atoms with Gasteiger partial charge in [0.2, 0.25) is 0 Å². The van der Waals surface area contributed by atoms with Crippen molar-refractivity contribution in [3.8, 4) is 0 Å². The Kier molecular flexibility index (Phi) is 8.33. The zero-order valence-electron chi connectivity index (χ0n) is 17.4. The van der Waals surface area contributed by atoms with E-state index in [1.165, 1.54) is 17.7 Å². The average Bonchev–Trinajstić information content (AvgIpc) is 2.72. The summed E-state index contributed by atoms with van der Waals surface area (Å²) >= 11 is 0. The van der Waals surface area contributed by atoms with Crippen LogP contribution in [0.25, 0.3) is 6.08 Å². The molecule has 0 atom stereocenters. The number of hydrogen-bond donors (Lipinski definition) is 0. The van der Waals surface area contributed by atoms with Crippen LogP contribution in [0.1, 0.15) is 48.7 Å². The second-order valence-electron chi connectivity index (χ2n) is 7.26. The van der Waals surface area contributed by atoms with Crippen molar-refractivity contribution in [2.75, 3.05) is 6.61 Å². The van der Waals surface area contributed by atoms with E-state index in [1.807, 2.05) is 37.3 Å². The van der Waals surface area contributed by atoms with Gasteiger partial charge < -0.3 is 4.43 Å². The number of carbonyl (C=O) groups excluding carboxylic acids is 1. The maximum Gasteiger partial charge on any atom is 0.191 e. The van der Waals surface area contributed by atoms with Crippen LogP contribution in [0.15, 0.2) is 54.1 Å². The molecule has 0 aliphatic rings. The van der Waals surface area contributed by atoms with E-state index in [1.54, 1.807) is 12.1 Å². The molecule has 0 aliphatic heterocycles. The fraction of sp³-hybridized carbons (Fsp3) is 0.375. The first kappa shape index (κ1) is 22.2. The lowest BCUT2D eigenvalue weighted by molar-refractivity contribution is 0.102. The van der Waals surface area contributed by atoms with Gasteiger partial charge in [-0.15, -0.1) is 0 Å². The smallest absolute Gasteiger partial charge is 0.191 e. The Morgan fingerprint density at radius 2 is 1.54 bits per heavy atom. The summed E-state index contributed by atoms with van der Waals surface area (Å²) in [6, 6.07) is 17.1. The molecule has 2 aromatic rings. The molecule has 2 nitrogen and oxygen atoms in total. The second kappa shape index (κ2) is 10.5. The topological polar surface area (TPSA) is 26.3 Å². The predicted molar refractivity (Wildman–Crippen MR) is 118 cm³/mol. The second-order valence-corrected chi connectivity index (χ2v) is 12.0. The van der Waals surface area contributed by atoms with Gasteiger partial charge in [0, 0.05) is 17.7 Å². The van der Waals surface area contributed by atoms with E-state index < -0.39 is 8.32 Å². The van der Waals surface area contributed by atoms with Crippen molar-refractivity contribution in [3.63, 3.8) is 0 Å². The molecular formula is C24H31FO2Si. The summed E-state index contributed by atoms with van der Waals surface area (Å²) in [5.41, 5.74) is 3.36. The minimum atomic E-state index is -1.69. The summed E-state index contributed by atoms with van der Waals surface area (Å²) in [6.07, 6.45) is 2.49. The van der Waals surface area contributed by atoms with E-state index in [2.05, 4.69) is 20.8 Å². The Labute approximate surface area is 169 Å². The van der Waals surface area contributed by atoms with Crippen LogP contribution >= 0.6 is 0 Å². The number of benzene rings is 2. The van der Waals surface area contributed by atoms with E-state index in [-0.39, 0.29) is 11.6 Å². The first-order valence-corrected chi connectivity index (χ1v) is 12.7. The summed E-state index contributed by atoms with van der Waals surface area (Å²) < 4.78 is 19.6. The summed E-state index contributed by atoms with van der Waals surface area (Å²) in [5.74, 6) is -0.408. The molecule has 0 heterocycles. The highest BCUT2D eigenvalue weighted by molar-refractivity contribution is 6.73. The molecule has 0 aliphatic carbocycles. The molecule has 2 aromatic carbocycles. The Hall–Kier alpha value is -2.04. The minimum absolute atomic E-state index is 0.0686. The zero-order valence-corrected chi connectivity index (χ0v) is 18.4. The first-order chi connectivity index (χ1) is 13.4. The molecule has 150 valence electrons. The largest absolute Gasteiger partial charge is 0.416 e. The van der Waals surface area contributed by atoms with Crippen LogP contribution in [0.5, 0.6) is 0 Å². The van der Waals surface area contributed by atoms with Gasteiger partial charge in [-0.25, -0.2) is 4.39 Å². The molecule has 0 radical (unpaired) electrons. The van der Waals surface area contributed by atoms with Crippen LogP contribution in [0.2, 0.25) is 18.1 Å². The van der Waals surface area contributed by atoms with E-state index >= 15 is 0 Å². The summed E-state index contributed by atoms with van der Waals surface area (Å²) in [6.45, 7) is 9.19. The fourth-order valence-electron chi connectivity index (χ4n) is 3.34. The molecule has 0 bridgehead atoms. The van der Waals surface area contributed by atoms with Crippen LogP contribution in [0.4, 0.5) is 4.39 Å². The van der Waals surface area contributed by atoms with E-state index in [9.17, 15) is 9.18 Å². The lowest BCUT2D eigenvalue weighted by Crippen LogP contribution is -2.36. The van der Waals surface area contributed by atoms with Crippen molar-refractivity contribution in [2.45, 2.75) is 52.2 Å². The van der Waals surface area contributed by atoms with Gasteiger partial charge in [0.1, 0.15) is 5.82 Å². The van der Waals surface area contributed by atoms with Crippen molar-refractivity contribution in [3.05, 3.63) is 76.6 Å². The molecule has 0 saturated heterocycles. The van der Waals surface area contributed by atoms with Gasteiger partial charge >= 0.3 is 0 Å². The third-order valence-corrected chi connectivity index (χ3v) is 10.2. The summed E-state index contributed by atoms with van der Waals surface area (Å²) in [4.78, 5) is 13.1. The van der Waals surface area contributed by atoms with E-state index in [4.69, 9.17) is 4.43 Å². The molecule has 0 fully saturated rings. The highest BCUT2D eigenvalue weighted by atomic mass is 28.4. The van der Waals surface area contributed by atoms with Crippen LogP contribution in [-0.2, 0) is 4.43 Å². The maximum absolute atomic E-state index is 13.2. The zero-order chi connectivity index (χ0) is 20.6. The van der Waals surface area contributed by atoms with Crippen molar-refractivity contribution in [1.29, 1.82) is 0 Å². The molecule has 0 spiro atoms. The molecule has 0 aromatic heterocycles. The molecule has 4 heteroatoms. The SMILES string of the molecule is CC[Si](CC)(CC)OCC/C(=C\c1ccc(C)cc1)C(=O)c1ccc(F)cc1. The monoisotopic (exact) mass is 398 g/mol. The number of rotatable bonds is 10. The Morgan fingerprint density at radius 3 is 2.07 bits per heavy atom. The van der Waals surface area contributed by atoms with Crippen LogP contribution in [0, 0.1) is 12.7 Å². The molecule has 0 unspecified atom stereocenters. The molecule has 0 saturated carbocycles. The van der Waals surface area contributed by atoms with Crippen LogP contribution < -0.4 is 0 Å². The standard InChI is InChI=1S/C24H31FO2Si/c1-5-28(6-2,7-3)27-17-16-22(18-20-10-8-19(4)9-11-20)24(26)21-12-14-23(25)15-13-21/h8-15,18H,5-7,16-17H2,1-4H3/b22-18+. The van der Waals surface area contributed by atoms with Gasteiger partial charge in [-0.05, 0) is 67.4 Å². The lowest BCUT2D eigenvalue weighted by Gasteiger charge is -2.28. The minimum Gasteiger partial charge on any atom is -0.416 e. The van der Waals surface area contributed by atoms with Gasteiger partial charge in [-0.1, -0.05) is 50.6 Å². The van der Waals surface area contributed by atoms with E-state index in [0.717, 1.165) is 23.7 Å². The van der Waals surface area contributed by atoms with Gasteiger partial charge in [0.15, 0.2) is 14.1 Å². The summed E-state index contributed by atoms with van der Waals surface area (Å²) in [5, 5.41) is 0. The Balaban J connectivity index is 2.24. The highest BCUT2D eigenvalue weighted by Gasteiger charge is 2.28. The molecule has 0 N–H and O–H groups in total. The van der Waals surface area contributed by atoms with Crippen LogP contribution in [0.3, 0.4) is 0 Å². The number of hydrogen-bond acceptors (Lipinski definition) is 2. The van der Waals surface area contributed by atoms with Gasteiger partial charge in [0.25, 0.3) is 0 Å². The van der Waals surface area contributed by atoms with Gasteiger partial charge in [-0.2, -0.15) is 0 Å². The number of Topliss-reactive ketones (excluding diaryl/α,β-unsaturated/α-hetero) is 1. The normalized spacial score (nSPS) is 12.2. The Bertz CT molecular complexity index is 782.